The highest BCUT2D eigenvalue weighted by Crippen LogP contribution is 2.42. The summed E-state index contributed by atoms with van der Waals surface area (Å²) < 4.78 is 2.10. The summed E-state index contributed by atoms with van der Waals surface area (Å²) in [6.45, 7) is 6.78. The van der Waals surface area contributed by atoms with Gasteiger partial charge in [-0.2, -0.15) is 0 Å². The summed E-state index contributed by atoms with van der Waals surface area (Å²) in [6, 6.07) is 20.6. The van der Waals surface area contributed by atoms with Crippen molar-refractivity contribution in [2.45, 2.75) is 45.1 Å². The minimum absolute atomic E-state index is 0.157. The van der Waals surface area contributed by atoms with Crippen LogP contribution in [-0.4, -0.2) is 13.1 Å². The van der Waals surface area contributed by atoms with Crippen LogP contribution in [0.5, 0.6) is 0 Å². The number of benzene rings is 2. The Balaban J connectivity index is 2.47. The SMILES string of the molecule is CC[C@@H](C/C=C\I)CC(C)(C)[Si](O)(c1ccccc1)c1ccccc1. The average molecular weight is 464 g/mol. The molecular formula is C22H29IOSi. The van der Waals surface area contributed by atoms with Gasteiger partial charge in [0.05, 0.1) is 0 Å². The third-order valence-corrected chi connectivity index (χ3v) is 10.3. The van der Waals surface area contributed by atoms with Crippen LogP contribution < -0.4 is 10.4 Å². The molecule has 0 unspecified atom stereocenters. The van der Waals surface area contributed by atoms with Gasteiger partial charge in [0.15, 0.2) is 0 Å². The molecule has 0 aromatic heterocycles. The van der Waals surface area contributed by atoms with E-state index in [1.807, 2.05) is 36.4 Å². The third kappa shape index (κ3) is 4.63. The van der Waals surface area contributed by atoms with E-state index >= 15 is 0 Å². The van der Waals surface area contributed by atoms with E-state index in [9.17, 15) is 4.80 Å². The molecule has 0 saturated carbocycles. The predicted octanol–water partition coefficient (Wildman–Crippen LogP) is 5.27. The first-order chi connectivity index (χ1) is 12.0. The van der Waals surface area contributed by atoms with E-state index in [1.54, 1.807) is 0 Å². The van der Waals surface area contributed by atoms with Crippen molar-refractivity contribution in [1.82, 2.24) is 0 Å². The molecular weight excluding hydrogens is 435 g/mol. The number of rotatable bonds is 8. The fraction of sp³-hybridized carbons (Fsp3) is 0.364. The lowest BCUT2D eigenvalue weighted by Crippen LogP contribution is -2.65. The summed E-state index contributed by atoms with van der Waals surface area (Å²) in [4.78, 5) is 12.2. The molecule has 0 aliphatic carbocycles. The largest absolute Gasteiger partial charge is 0.424 e. The molecule has 2 aromatic carbocycles. The van der Waals surface area contributed by atoms with Crippen LogP contribution >= 0.6 is 22.6 Å². The molecule has 0 fully saturated rings. The molecule has 3 heteroatoms. The number of hydrogen-bond acceptors (Lipinski definition) is 1. The Morgan fingerprint density at radius 1 is 1.00 bits per heavy atom. The van der Waals surface area contributed by atoms with Crippen LogP contribution in [0.1, 0.15) is 40.0 Å². The topological polar surface area (TPSA) is 20.2 Å². The van der Waals surface area contributed by atoms with Crippen molar-refractivity contribution < 1.29 is 4.80 Å². The quantitative estimate of drug-likeness (QED) is 0.417. The first-order valence-electron chi connectivity index (χ1n) is 9.04. The van der Waals surface area contributed by atoms with Crippen molar-refractivity contribution in [3.8, 4) is 0 Å². The van der Waals surface area contributed by atoms with Crippen molar-refractivity contribution in [3.05, 3.63) is 70.8 Å². The number of hydrogen-bond donors (Lipinski definition) is 1. The van der Waals surface area contributed by atoms with E-state index in [-0.39, 0.29) is 5.04 Å². The van der Waals surface area contributed by atoms with Crippen LogP contribution in [0.3, 0.4) is 0 Å². The summed E-state index contributed by atoms with van der Waals surface area (Å²) >= 11 is 2.29. The molecule has 2 rings (SSSR count). The standard InChI is InChI=1S/C22H29IOSi/c1-4-19(12-11-17-23)18-22(2,3)25(24,20-13-7-5-8-14-20)21-15-9-6-10-16-21/h5-11,13-17,19,24H,4,12,18H2,1-3H3/b17-11-/t19-/m0/s1. The summed E-state index contributed by atoms with van der Waals surface area (Å²) in [5.41, 5.74) is 0. The van der Waals surface area contributed by atoms with Crippen molar-refractivity contribution in [3.63, 3.8) is 0 Å². The van der Waals surface area contributed by atoms with Gasteiger partial charge in [-0.3, -0.25) is 0 Å². The zero-order chi connectivity index (χ0) is 18.3. The highest BCUT2D eigenvalue weighted by molar-refractivity contribution is 14.1. The fourth-order valence-corrected chi connectivity index (χ4v) is 7.94. The molecule has 0 amide bonds. The zero-order valence-corrected chi connectivity index (χ0v) is 18.6. The molecule has 2 aromatic rings. The Labute approximate surface area is 167 Å². The lowest BCUT2D eigenvalue weighted by molar-refractivity contribution is 0.375. The van der Waals surface area contributed by atoms with E-state index in [1.165, 1.54) is 0 Å². The maximum Gasteiger partial charge on any atom is 0.258 e. The molecule has 1 N–H and O–H groups in total. The summed E-state index contributed by atoms with van der Waals surface area (Å²) in [5, 5.41) is 2.05. The van der Waals surface area contributed by atoms with Crippen LogP contribution in [0.4, 0.5) is 0 Å². The maximum absolute atomic E-state index is 12.2. The lowest BCUT2D eigenvalue weighted by Gasteiger charge is -2.43. The van der Waals surface area contributed by atoms with Gasteiger partial charge < -0.3 is 4.80 Å². The second-order valence-corrected chi connectivity index (χ2v) is 12.1. The van der Waals surface area contributed by atoms with Crippen LogP contribution in [0.2, 0.25) is 5.04 Å². The molecule has 0 spiro atoms. The third-order valence-electron chi connectivity index (χ3n) is 5.30. The fourth-order valence-electron chi connectivity index (χ4n) is 3.81. The molecule has 0 radical (unpaired) electrons. The molecule has 0 aliphatic rings. The van der Waals surface area contributed by atoms with Crippen LogP contribution in [-0.2, 0) is 0 Å². The first-order valence-corrected chi connectivity index (χ1v) is 12.2. The smallest absolute Gasteiger partial charge is 0.258 e. The van der Waals surface area contributed by atoms with E-state index in [0.29, 0.717) is 5.92 Å². The Bertz CT molecular complexity index is 627. The molecule has 0 saturated heterocycles. The predicted molar refractivity (Wildman–Crippen MR) is 120 cm³/mol. The van der Waals surface area contributed by atoms with E-state index in [2.05, 4.69) is 77.8 Å². The number of halogens is 1. The minimum atomic E-state index is -2.87. The summed E-state index contributed by atoms with van der Waals surface area (Å²) in [6.07, 6.45) is 5.49. The monoisotopic (exact) mass is 464 g/mol. The lowest BCUT2D eigenvalue weighted by atomic mass is 9.91. The summed E-state index contributed by atoms with van der Waals surface area (Å²) in [7, 11) is -2.87. The Hall–Kier alpha value is -0.913. The van der Waals surface area contributed by atoms with Gasteiger partial charge in [0.2, 0.25) is 0 Å². The van der Waals surface area contributed by atoms with E-state index in [4.69, 9.17) is 0 Å². The van der Waals surface area contributed by atoms with Crippen LogP contribution in [0.25, 0.3) is 0 Å². The summed E-state index contributed by atoms with van der Waals surface area (Å²) in [5.74, 6) is 0.590. The van der Waals surface area contributed by atoms with Gasteiger partial charge >= 0.3 is 0 Å². The molecule has 1 atom stereocenters. The van der Waals surface area contributed by atoms with Crippen molar-refractivity contribution in [2.24, 2.45) is 5.92 Å². The highest BCUT2D eigenvalue weighted by atomic mass is 127. The Kier molecular flexibility index (Phi) is 7.46. The van der Waals surface area contributed by atoms with Crippen molar-refractivity contribution >= 4 is 41.3 Å². The van der Waals surface area contributed by atoms with Crippen LogP contribution in [0, 0.1) is 5.92 Å². The highest BCUT2D eigenvalue weighted by Gasteiger charge is 2.50. The maximum atomic E-state index is 12.2. The Morgan fingerprint density at radius 3 is 1.88 bits per heavy atom. The van der Waals surface area contributed by atoms with Gasteiger partial charge in [0.1, 0.15) is 0 Å². The molecule has 1 nitrogen and oxygen atoms in total. The molecule has 134 valence electrons. The van der Waals surface area contributed by atoms with Gasteiger partial charge in [0.25, 0.3) is 8.32 Å². The van der Waals surface area contributed by atoms with Crippen molar-refractivity contribution in [1.29, 1.82) is 0 Å². The second-order valence-electron chi connectivity index (χ2n) is 7.40. The van der Waals surface area contributed by atoms with Gasteiger partial charge in [-0.25, -0.2) is 0 Å². The normalized spacial score (nSPS) is 14.0. The molecule has 0 bridgehead atoms. The molecule has 0 aliphatic heterocycles. The van der Waals surface area contributed by atoms with Gasteiger partial charge in [-0.1, -0.05) is 117 Å². The molecule has 25 heavy (non-hydrogen) atoms. The Morgan fingerprint density at radius 2 is 1.48 bits per heavy atom. The van der Waals surface area contributed by atoms with E-state index < -0.39 is 8.32 Å². The molecule has 0 heterocycles. The van der Waals surface area contributed by atoms with Gasteiger partial charge in [-0.05, 0) is 38.3 Å². The van der Waals surface area contributed by atoms with Gasteiger partial charge in [-0.15, -0.1) is 0 Å². The van der Waals surface area contributed by atoms with E-state index in [0.717, 1.165) is 29.6 Å². The minimum Gasteiger partial charge on any atom is -0.424 e. The van der Waals surface area contributed by atoms with Gasteiger partial charge in [0, 0.05) is 0 Å². The second kappa shape index (κ2) is 9.15. The zero-order valence-electron chi connectivity index (χ0n) is 15.5. The van der Waals surface area contributed by atoms with Crippen LogP contribution in [0.15, 0.2) is 70.8 Å². The number of allylic oxidation sites excluding steroid dienone is 1. The average Bonchev–Trinajstić information content (AvgIpc) is 2.65. The first kappa shape index (κ1) is 20.4. The van der Waals surface area contributed by atoms with Crippen molar-refractivity contribution in [2.75, 3.05) is 0 Å².